The van der Waals surface area contributed by atoms with E-state index in [9.17, 15) is 0 Å². The van der Waals surface area contributed by atoms with E-state index >= 15 is 0 Å². The van der Waals surface area contributed by atoms with Gasteiger partial charge in [-0.3, -0.25) is 4.99 Å². The molecule has 1 heterocycles. The molecule has 1 aromatic heterocycles. The third kappa shape index (κ3) is 2.14. The fourth-order valence-corrected chi connectivity index (χ4v) is 2.29. The van der Waals surface area contributed by atoms with Crippen molar-refractivity contribution in [2.45, 2.75) is 0 Å². The molecule has 0 saturated carbocycles. The first-order chi connectivity index (χ1) is 9.69. The van der Waals surface area contributed by atoms with E-state index in [1.807, 2.05) is 42.5 Å². The highest BCUT2D eigenvalue weighted by Crippen LogP contribution is 2.29. The average molecular weight is 286 g/mol. The van der Waals surface area contributed by atoms with E-state index in [0.717, 1.165) is 27.5 Å². The van der Waals surface area contributed by atoms with Gasteiger partial charge in [0.25, 0.3) is 0 Å². The molecule has 0 aliphatic heterocycles. The average Bonchev–Trinajstić information content (AvgIpc) is 2.82. The normalized spacial score (nSPS) is 13.3. The molecule has 0 unspecified atom stereocenters. The van der Waals surface area contributed by atoms with Crippen LogP contribution in [0.1, 0.15) is 5.56 Å². The summed E-state index contributed by atoms with van der Waals surface area (Å²) in [7, 11) is 1.64. The van der Waals surface area contributed by atoms with Gasteiger partial charge in [0.05, 0.1) is 0 Å². The second-order valence-corrected chi connectivity index (χ2v) is 4.68. The number of aliphatic imine (C=N–C) groups is 2. The SMILES string of the molecule is CN=C(N=C(N)Cl)c1ccc2c(c1)oc1ccccc12. The van der Waals surface area contributed by atoms with Gasteiger partial charge in [0.2, 0.25) is 0 Å². The quantitative estimate of drug-likeness (QED) is 0.422. The number of para-hydroxylation sites is 1. The number of furan rings is 1. The second kappa shape index (κ2) is 4.98. The Hall–Kier alpha value is -2.33. The Labute approximate surface area is 120 Å². The van der Waals surface area contributed by atoms with Crippen molar-refractivity contribution in [3.63, 3.8) is 0 Å². The fourth-order valence-electron chi connectivity index (χ4n) is 2.21. The van der Waals surface area contributed by atoms with Crippen LogP contribution in [0.3, 0.4) is 0 Å². The molecule has 3 rings (SSSR count). The Balaban J connectivity index is 2.20. The van der Waals surface area contributed by atoms with Gasteiger partial charge >= 0.3 is 0 Å². The molecular weight excluding hydrogens is 274 g/mol. The van der Waals surface area contributed by atoms with Crippen molar-refractivity contribution in [2.75, 3.05) is 7.05 Å². The van der Waals surface area contributed by atoms with Crippen LogP contribution in [0.4, 0.5) is 0 Å². The second-order valence-electron chi connectivity index (χ2n) is 4.29. The first-order valence-corrected chi connectivity index (χ1v) is 6.45. The van der Waals surface area contributed by atoms with Crippen LogP contribution in [0.15, 0.2) is 56.9 Å². The number of amidine groups is 2. The van der Waals surface area contributed by atoms with Crippen LogP contribution in [-0.4, -0.2) is 18.2 Å². The molecular formula is C15H12ClN3O. The van der Waals surface area contributed by atoms with Gasteiger partial charge in [-0.15, -0.1) is 0 Å². The molecule has 0 aliphatic carbocycles. The number of fused-ring (bicyclic) bond motifs is 3. The number of benzene rings is 2. The van der Waals surface area contributed by atoms with Crippen LogP contribution >= 0.6 is 11.6 Å². The summed E-state index contributed by atoms with van der Waals surface area (Å²) in [5, 5.41) is 2.10. The van der Waals surface area contributed by atoms with E-state index in [4.69, 9.17) is 21.8 Å². The van der Waals surface area contributed by atoms with Crippen molar-refractivity contribution in [2.24, 2.45) is 15.7 Å². The molecule has 2 N–H and O–H groups in total. The van der Waals surface area contributed by atoms with Crippen molar-refractivity contribution in [1.29, 1.82) is 0 Å². The summed E-state index contributed by atoms with van der Waals surface area (Å²) in [5.74, 6) is 0.472. The number of hydrogen-bond acceptors (Lipinski definition) is 2. The van der Waals surface area contributed by atoms with Gasteiger partial charge < -0.3 is 10.2 Å². The highest BCUT2D eigenvalue weighted by molar-refractivity contribution is 6.65. The van der Waals surface area contributed by atoms with Crippen LogP contribution in [0, 0.1) is 0 Å². The Bertz CT molecular complexity index is 845. The number of nitrogens with zero attached hydrogens (tertiary/aromatic N) is 2. The number of halogens is 1. The molecule has 0 atom stereocenters. The maximum Gasteiger partial charge on any atom is 0.195 e. The van der Waals surface area contributed by atoms with Gasteiger partial charge in [-0.1, -0.05) is 24.3 Å². The van der Waals surface area contributed by atoms with Gasteiger partial charge in [0.15, 0.2) is 11.1 Å². The van der Waals surface area contributed by atoms with Crippen LogP contribution < -0.4 is 5.73 Å². The molecule has 0 fully saturated rings. The Morgan fingerprint density at radius 2 is 1.85 bits per heavy atom. The van der Waals surface area contributed by atoms with Gasteiger partial charge in [0, 0.05) is 23.4 Å². The highest BCUT2D eigenvalue weighted by Gasteiger charge is 2.09. The Morgan fingerprint density at radius 1 is 1.10 bits per heavy atom. The molecule has 0 aliphatic rings. The zero-order valence-electron chi connectivity index (χ0n) is 10.8. The molecule has 5 heteroatoms. The van der Waals surface area contributed by atoms with E-state index in [0.29, 0.717) is 5.84 Å². The molecule has 2 aromatic carbocycles. The topological polar surface area (TPSA) is 63.9 Å². The summed E-state index contributed by atoms with van der Waals surface area (Å²) in [6, 6.07) is 13.7. The molecule has 0 radical (unpaired) electrons. The van der Waals surface area contributed by atoms with Crippen LogP contribution in [0.25, 0.3) is 21.9 Å². The van der Waals surface area contributed by atoms with Gasteiger partial charge in [-0.25, -0.2) is 4.99 Å². The zero-order chi connectivity index (χ0) is 14.1. The van der Waals surface area contributed by atoms with Gasteiger partial charge in [0.1, 0.15) is 11.2 Å². The third-order valence-corrected chi connectivity index (χ3v) is 3.15. The maximum atomic E-state index is 5.83. The summed E-state index contributed by atoms with van der Waals surface area (Å²) in [5.41, 5.74) is 7.84. The van der Waals surface area contributed by atoms with E-state index in [-0.39, 0.29) is 5.29 Å². The lowest BCUT2D eigenvalue weighted by atomic mass is 10.1. The number of hydrogen-bond donors (Lipinski definition) is 1. The smallest absolute Gasteiger partial charge is 0.195 e. The molecule has 0 bridgehead atoms. The molecule has 0 spiro atoms. The van der Waals surface area contributed by atoms with E-state index in [1.165, 1.54) is 0 Å². The maximum absolute atomic E-state index is 5.83. The first-order valence-electron chi connectivity index (χ1n) is 6.07. The molecule has 100 valence electrons. The molecule has 0 saturated heterocycles. The summed E-state index contributed by atoms with van der Waals surface area (Å²) in [6.45, 7) is 0. The highest BCUT2D eigenvalue weighted by atomic mass is 35.5. The van der Waals surface area contributed by atoms with E-state index in [1.54, 1.807) is 7.05 Å². The summed E-state index contributed by atoms with van der Waals surface area (Å²) < 4.78 is 5.83. The Kier molecular flexibility index (Phi) is 3.16. The van der Waals surface area contributed by atoms with Crippen molar-refractivity contribution in [1.82, 2.24) is 0 Å². The first kappa shape index (κ1) is 12.7. The molecule has 20 heavy (non-hydrogen) atoms. The summed E-state index contributed by atoms with van der Waals surface area (Å²) in [4.78, 5) is 8.08. The van der Waals surface area contributed by atoms with Crippen molar-refractivity contribution < 1.29 is 4.42 Å². The minimum Gasteiger partial charge on any atom is -0.456 e. The monoisotopic (exact) mass is 285 g/mol. The predicted octanol–water partition coefficient (Wildman–Crippen LogP) is 3.52. The minimum absolute atomic E-state index is 0.0460. The molecule has 0 amide bonds. The summed E-state index contributed by atoms with van der Waals surface area (Å²) >= 11 is 5.61. The molecule has 4 nitrogen and oxygen atoms in total. The largest absolute Gasteiger partial charge is 0.456 e. The number of nitrogens with two attached hydrogens (primary N) is 1. The third-order valence-electron chi connectivity index (χ3n) is 3.06. The zero-order valence-corrected chi connectivity index (χ0v) is 11.6. The molecule has 3 aromatic rings. The fraction of sp³-hybridized carbons (Fsp3) is 0.0667. The van der Waals surface area contributed by atoms with Crippen molar-refractivity contribution in [3.05, 3.63) is 48.0 Å². The number of rotatable bonds is 1. The Morgan fingerprint density at radius 3 is 2.60 bits per heavy atom. The van der Waals surface area contributed by atoms with E-state index in [2.05, 4.69) is 9.98 Å². The van der Waals surface area contributed by atoms with Crippen molar-refractivity contribution >= 4 is 44.7 Å². The summed E-state index contributed by atoms with van der Waals surface area (Å²) in [6.07, 6.45) is 0. The van der Waals surface area contributed by atoms with Gasteiger partial charge in [-0.05, 0) is 29.8 Å². The van der Waals surface area contributed by atoms with Crippen LogP contribution in [-0.2, 0) is 0 Å². The predicted molar refractivity (Wildman–Crippen MR) is 83.7 cm³/mol. The van der Waals surface area contributed by atoms with Crippen molar-refractivity contribution in [3.8, 4) is 0 Å². The lowest BCUT2D eigenvalue weighted by Crippen LogP contribution is -2.07. The van der Waals surface area contributed by atoms with E-state index < -0.39 is 0 Å². The van der Waals surface area contributed by atoms with Gasteiger partial charge in [-0.2, -0.15) is 0 Å². The van der Waals surface area contributed by atoms with Crippen LogP contribution in [0.5, 0.6) is 0 Å². The minimum atomic E-state index is -0.0460. The lowest BCUT2D eigenvalue weighted by Gasteiger charge is -2.00. The standard InChI is InChI=1S/C15H12ClN3O/c1-18-14(19-15(16)17)9-6-7-11-10-4-2-3-5-12(10)20-13(11)8-9/h2-8H,1H3,(H2,17,18,19). The lowest BCUT2D eigenvalue weighted by molar-refractivity contribution is 0.669. The van der Waals surface area contributed by atoms with Crippen LogP contribution in [0.2, 0.25) is 0 Å².